The molecule has 0 saturated heterocycles. The number of rotatable bonds is 1. The molecule has 0 aliphatic carbocycles. The zero-order chi connectivity index (χ0) is 11.8. The Labute approximate surface area is 89.3 Å². The third-order valence-electron chi connectivity index (χ3n) is 2.17. The van der Waals surface area contributed by atoms with Gasteiger partial charge in [-0.15, -0.1) is 0 Å². The van der Waals surface area contributed by atoms with Gasteiger partial charge in [-0.2, -0.15) is 13.2 Å². The van der Waals surface area contributed by atoms with Gasteiger partial charge in [0.15, 0.2) is 0 Å². The van der Waals surface area contributed by atoms with Crippen molar-refractivity contribution < 1.29 is 22.7 Å². The van der Waals surface area contributed by atoms with Crippen molar-refractivity contribution in [2.75, 3.05) is 0 Å². The van der Waals surface area contributed by atoms with Crippen LogP contribution in [0.1, 0.15) is 21.5 Å². The molecule has 0 amide bonds. The molecule has 1 aromatic rings. The first-order valence-electron chi connectivity index (χ1n) is 4.52. The molecule has 1 aliphatic rings. The summed E-state index contributed by atoms with van der Waals surface area (Å²) in [6, 6.07) is 4.44. The molecular formula is C11H7F3O2. The van der Waals surface area contributed by atoms with E-state index in [1.54, 1.807) is 0 Å². The highest BCUT2D eigenvalue weighted by Gasteiger charge is 2.23. The van der Waals surface area contributed by atoms with Gasteiger partial charge in [-0.3, -0.25) is 0 Å². The molecule has 16 heavy (non-hydrogen) atoms. The van der Waals surface area contributed by atoms with Gasteiger partial charge in [0.25, 0.3) is 0 Å². The van der Waals surface area contributed by atoms with Crippen LogP contribution in [-0.4, -0.2) is 12.1 Å². The SMILES string of the molecule is O=C1OCc2cc(/C=C/C(F)(F)F)ccc21. The van der Waals surface area contributed by atoms with E-state index in [9.17, 15) is 18.0 Å². The molecule has 0 saturated carbocycles. The van der Waals surface area contributed by atoms with Crippen molar-refractivity contribution in [3.8, 4) is 0 Å². The molecule has 0 fully saturated rings. The fourth-order valence-electron chi connectivity index (χ4n) is 1.45. The van der Waals surface area contributed by atoms with E-state index in [0.29, 0.717) is 16.7 Å². The summed E-state index contributed by atoms with van der Waals surface area (Å²) in [6.45, 7) is 0.127. The molecule has 0 unspecified atom stereocenters. The van der Waals surface area contributed by atoms with E-state index in [1.807, 2.05) is 0 Å². The molecule has 1 heterocycles. The summed E-state index contributed by atoms with van der Waals surface area (Å²) in [4.78, 5) is 11.1. The fraction of sp³-hybridized carbons (Fsp3) is 0.182. The van der Waals surface area contributed by atoms with Crippen LogP contribution in [0.25, 0.3) is 6.08 Å². The first-order chi connectivity index (χ1) is 7.46. The minimum atomic E-state index is -4.33. The van der Waals surface area contributed by atoms with E-state index in [1.165, 1.54) is 18.2 Å². The number of carbonyl (C=O) groups excluding carboxylic acids is 1. The van der Waals surface area contributed by atoms with E-state index >= 15 is 0 Å². The molecule has 1 aromatic carbocycles. The standard InChI is InChI=1S/C11H7F3O2/c12-11(13,14)4-3-7-1-2-9-8(5-7)6-16-10(9)15/h1-5H,6H2/b4-3+. The second-order valence-electron chi connectivity index (χ2n) is 3.37. The van der Waals surface area contributed by atoms with Crippen molar-refractivity contribution in [1.82, 2.24) is 0 Å². The Morgan fingerprint density at radius 3 is 2.75 bits per heavy atom. The number of hydrogen-bond acceptors (Lipinski definition) is 2. The summed E-state index contributed by atoms with van der Waals surface area (Å²) >= 11 is 0. The summed E-state index contributed by atoms with van der Waals surface area (Å²) in [6.07, 6.45) is -3.21. The number of fused-ring (bicyclic) bond motifs is 1. The number of halogens is 3. The predicted octanol–water partition coefficient (Wildman–Crippen LogP) is 2.93. The lowest BCUT2D eigenvalue weighted by Gasteiger charge is -1.99. The molecule has 0 bridgehead atoms. The number of alkyl halides is 3. The average molecular weight is 228 g/mol. The molecule has 0 atom stereocenters. The predicted molar refractivity (Wildman–Crippen MR) is 50.7 cm³/mol. The van der Waals surface area contributed by atoms with E-state index in [-0.39, 0.29) is 12.7 Å². The number of allylic oxidation sites excluding steroid dienone is 1. The van der Waals surface area contributed by atoms with Gasteiger partial charge in [0.1, 0.15) is 6.61 Å². The monoisotopic (exact) mass is 228 g/mol. The van der Waals surface area contributed by atoms with Crippen LogP contribution in [0.5, 0.6) is 0 Å². The minimum absolute atomic E-state index is 0.127. The van der Waals surface area contributed by atoms with Crippen LogP contribution in [0.15, 0.2) is 24.3 Å². The van der Waals surface area contributed by atoms with Crippen LogP contribution in [-0.2, 0) is 11.3 Å². The fourth-order valence-corrected chi connectivity index (χ4v) is 1.45. The maximum absolute atomic E-state index is 11.9. The molecule has 0 radical (unpaired) electrons. The number of ether oxygens (including phenoxy) is 1. The Morgan fingerprint density at radius 1 is 1.31 bits per heavy atom. The molecule has 0 spiro atoms. The van der Waals surface area contributed by atoms with E-state index < -0.39 is 12.1 Å². The number of esters is 1. The van der Waals surface area contributed by atoms with Gasteiger partial charge in [0.2, 0.25) is 0 Å². The minimum Gasteiger partial charge on any atom is -0.457 e. The Bertz CT molecular complexity index is 461. The van der Waals surface area contributed by atoms with Crippen molar-refractivity contribution in [3.63, 3.8) is 0 Å². The highest BCUT2D eigenvalue weighted by molar-refractivity contribution is 5.93. The highest BCUT2D eigenvalue weighted by Crippen LogP contribution is 2.23. The third kappa shape index (κ3) is 2.24. The largest absolute Gasteiger partial charge is 0.457 e. The van der Waals surface area contributed by atoms with Gasteiger partial charge in [0.05, 0.1) is 5.56 Å². The zero-order valence-electron chi connectivity index (χ0n) is 8.04. The van der Waals surface area contributed by atoms with Crippen LogP contribution in [0.2, 0.25) is 0 Å². The molecular weight excluding hydrogens is 221 g/mol. The summed E-state index contributed by atoms with van der Waals surface area (Å²) in [5.41, 5.74) is 1.44. The van der Waals surface area contributed by atoms with Gasteiger partial charge >= 0.3 is 12.1 Å². The Kier molecular flexibility index (Phi) is 2.46. The van der Waals surface area contributed by atoms with Gasteiger partial charge in [-0.05, 0) is 17.7 Å². The second kappa shape index (κ2) is 3.66. The number of cyclic esters (lactones) is 1. The first-order valence-corrected chi connectivity index (χ1v) is 4.52. The van der Waals surface area contributed by atoms with Crippen molar-refractivity contribution in [1.29, 1.82) is 0 Å². The number of benzene rings is 1. The zero-order valence-corrected chi connectivity index (χ0v) is 8.04. The maximum Gasteiger partial charge on any atom is 0.409 e. The lowest BCUT2D eigenvalue weighted by Crippen LogP contribution is -2.00. The first kappa shape index (κ1) is 10.7. The van der Waals surface area contributed by atoms with Crippen LogP contribution >= 0.6 is 0 Å². The number of hydrogen-bond donors (Lipinski definition) is 0. The van der Waals surface area contributed by atoms with Crippen molar-refractivity contribution in [2.24, 2.45) is 0 Å². The lowest BCUT2D eigenvalue weighted by atomic mass is 10.1. The van der Waals surface area contributed by atoms with Gasteiger partial charge in [-0.25, -0.2) is 4.79 Å². The molecule has 84 valence electrons. The van der Waals surface area contributed by atoms with E-state index in [0.717, 1.165) is 6.08 Å². The Balaban J connectivity index is 2.26. The smallest absolute Gasteiger partial charge is 0.409 e. The Hall–Kier alpha value is -1.78. The number of carbonyl (C=O) groups is 1. The molecule has 5 heteroatoms. The summed E-state index contributed by atoms with van der Waals surface area (Å²) in [5.74, 6) is -0.429. The lowest BCUT2D eigenvalue weighted by molar-refractivity contribution is -0.0790. The average Bonchev–Trinajstić information content (AvgIpc) is 2.56. The second-order valence-corrected chi connectivity index (χ2v) is 3.37. The topological polar surface area (TPSA) is 26.3 Å². The van der Waals surface area contributed by atoms with Gasteiger partial charge in [-0.1, -0.05) is 12.1 Å². The van der Waals surface area contributed by atoms with Crippen LogP contribution < -0.4 is 0 Å². The Morgan fingerprint density at radius 2 is 2.06 bits per heavy atom. The van der Waals surface area contributed by atoms with Crippen molar-refractivity contribution in [3.05, 3.63) is 41.0 Å². The van der Waals surface area contributed by atoms with Crippen LogP contribution in [0.3, 0.4) is 0 Å². The summed E-state index contributed by atoms with van der Waals surface area (Å²) < 4.78 is 40.5. The van der Waals surface area contributed by atoms with E-state index in [4.69, 9.17) is 4.74 Å². The van der Waals surface area contributed by atoms with Crippen LogP contribution in [0.4, 0.5) is 13.2 Å². The molecule has 0 aromatic heterocycles. The van der Waals surface area contributed by atoms with Crippen molar-refractivity contribution >= 4 is 12.0 Å². The molecule has 1 aliphatic heterocycles. The molecule has 2 nitrogen and oxygen atoms in total. The molecule has 0 N–H and O–H groups in total. The van der Waals surface area contributed by atoms with E-state index in [2.05, 4.69) is 0 Å². The van der Waals surface area contributed by atoms with Crippen LogP contribution in [0, 0.1) is 0 Å². The maximum atomic E-state index is 11.9. The van der Waals surface area contributed by atoms with Gasteiger partial charge in [0, 0.05) is 11.6 Å². The summed E-state index contributed by atoms with van der Waals surface area (Å²) in [5, 5.41) is 0. The summed E-state index contributed by atoms with van der Waals surface area (Å²) in [7, 11) is 0. The van der Waals surface area contributed by atoms with Gasteiger partial charge < -0.3 is 4.74 Å². The van der Waals surface area contributed by atoms with Crippen molar-refractivity contribution in [2.45, 2.75) is 12.8 Å². The molecule has 2 rings (SSSR count). The highest BCUT2D eigenvalue weighted by atomic mass is 19.4. The normalized spacial score (nSPS) is 15.3. The third-order valence-corrected chi connectivity index (χ3v) is 2.17. The quantitative estimate of drug-likeness (QED) is 0.691.